The standard InChI is InChI=1S/C34H33N7O2/c1-18-27-10-7-23(34(43)40-16-22-6-11-28(40)30(22)35)17-41(27)38-31(18)29-13-21-5-9-26(37-32(21)39(29)15-19-2-3-19)20-4-8-25-24(12-20)14-36-33(25)42/h4-5,7-10,12-13,17,19,22,28,30H,2-3,6,11,14-16,35H2,1H3,(H,36,42)/t22?,28?,30-/m1/s1. The molecule has 216 valence electrons. The number of nitrogens with zero attached hydrogens (tertiary/aromatic N) is 5. The molecule has 2 bridgehead atoms. The summed E-state index contributed by atoms with van der Waals surface area (Å²) in [4.78, 5) is 32.7. The van der Waals surface area contributed by atoms with Crippen LogP contribution in [0, 0.1) is 18.8 Å². The first-order valence-corrected chi connectivity index (χ1v) is 15.4. The number of fused-ring (bicyclic) bond motifs is 5. The molecule has 6 heterocycles. The lowest BCUT2D eigenvalue weighted by atomic mass is 10.0. The van der Waals surface area contributed by atoms with Gasteiger partial charge in [0.1, 0.15) is 11.3 Å². The molecule has 0 radical (unpaired) electrons. The third kappa shape index (κ3) is 3.80. The molecule has 43 heavy (non-hydrogen) atoms. The number of carbonyl (C=O) groups is 2. The summed E-state index contributed by atoms with van der Waals surface area (Å²) in [5.41, 5.74) is 15.7. The first-order valence-electron chi connectivity index (χ1n) is 15.4. The van der Waals surface area contributed by atoms with Crippen LogP contribution in [0.3, 0.4) is 0 Å². The zero-order valence-electron chi connectivity index (χ0n) is 24.1. The van der Waals surface area contributed by atoms with Gasteiger partial charge in [-0.2, -0.15) is 5.10 Å². The topological polar surface area (TPSA) is 111 Å². The lowest BCUT2D eigenvalue weighted by molar-refractivity contribution is 0.0700. The van der Waals surface area contributed by atoms with Crippen molar-refractivity contribution >= 4 is 28.4 Å². The molecule has 2 amide bonds. The average Bonchev–Trinajstić information content (AvgIpc) is 3.23. The second-order valence-electron chi connectivity index (χ2n) is 12.9. The van der Waals surface area contributed by atoms with Gasteiger partial charge in [0.05, 0.1) is 22.5 Å². The molecule has 4 aromatic heterocycles. The number of aromatic nitrogens is 4. The van der Waals surface area contributed by atoms with Crippen LogP contribution in [-0.4, -0.2) is 54.5 Å². The van der Waals surface area contributed by atoms with Crippen molar-refractivity contribution in [3.8, 4) is 22.6 Å². The van der Waals surface area contributed by atoms with Crippen molar-refractivity contribution in [2.24, 2.45) is 17.6 Å². The largest absolute Gasteiger partial charge is 0.348 e. The Hall–Kier alpha value is -4.50. The maximum atomic E-state index is 13.5. The fourth-order valence-electron chi connectivity index (χ4n) is 7.61. The quantitative estimate of drug-likeness (QED) is 0.322. The van der Waals surface area contributed by atoms with Crippen molar-refractivity contribution < 1.29 is 9.59 Å². The number of hydrogen-bond acceptors (Lipinski definition) is 5. The molecule has 0 spiro atoms. The van der Waals surface area contributed by atoms with Gasteiger partial charge in [0.25, 0.3) is 11.8 Å². The van der Waals surface area contributed by atoms with Gasteiger partial charge in [0.15, 0.2) is 0 Å². The smallest absolute Gasteiger partial charge is 0.255 e. The Labute approximate surface area is 248 Å². The van der Waals surface area contributed by atoms with Gasteiger partial charge in [-0.05, 0) is 92.5 Å². The molecular formula is C34H33N7O2. The monoisotopic (exact) mass is 571 g/mol. The molecule has 2 unspecified atom stereocenters. The fourth-order valence-corrected chi connectivity index (χ4v) is 7.61. The Morgan fingerprint density at radius 2 is 1.95 bits per heavy atom. The van der Waals surface area contributed by atoms with Crippen LogP contribution in [-0.2, 0) is 13.1 Å². The predicted octanol–water partition coefficient (Wildman–Crippen LogP) is 4.54. The molecule has 1 aromatic carbocycles. The number of likely N-dealkylation sites (tertiary alicyclic amines) is 1. The molecule has 9 heteroatoms. The molecule has 2 aliphatic heterocycles. The van der Waals surface area contributed by atoms with Gasteiger partial charge < -0.3 is 20.5 Å². The Morgan fingerprint density at radius 1 is 1.07 bits per heavy atom. The first-order chi connectivity index (χ1) is 20.9. The minimum atomic E-state index is -0.0144. The van der Waals surface area contributed by atoms with Crippen molar-refractivity contribution in [1.29, 1.82) is 0 Å². The van der Waals surface area contributed by atoms with Gasteiger partial charge in [-0.1, -0.05) is 6.07 Å². The van der Waals surface area contributed by atoms with Gasteiger partial charge in [-0.15, -0.1) is 0 Å². The van der Waals surface area contributed by atoms with E-state index in [-0.39, 0.29) is 23.9 Å². The van der Waals surface area contributed by atoms with E-state index in [0.717, 1.165) is 81.8 Å². The van der Waals surface area contributed by atoms with E-state index < -0.39 is 0 Å². The molecule has 2 saturated carbocycles. The van der Waals surface area contributed by atoms with Crippen LogP contribution >= 0.6 is 0 Å². The number of nitrogens with one attached hydrogen (secondary N) is 1. The SMILES string of the molecule is Cc1c(-c2cc3ccc(-c4ccc5c(c4)CNC5=O)nc3n2CC2CC2)nn2cc(C(=O)N3CC4CCC3[C@@H]4N)ccc12. The lowest BCUT2D eigenvalue weighted by Crippen LogP contribution is -2.41. The number of amides is 2. The molecule has 2 aliphatic carbocycles. The highest BCUT2D eigenvalue weighted by molar-refractivity contribution is 5.99. The van der Waals surface area contributed by atoms with Gasteiger partial charge in [-0.3, -0.25) is 9.59 Å². The number of rotatable bonds is 5. The number of nitrogens with two attached hydrogens (primary N) is 1. The minimum Gasteiger partial charge on any atom is -0.348 e. The highest BCUT2D eigenvalue weighted by Gasteiger charge is 2.46. The van der Waals surface area contributed by atoms with Crippen molar-refractivity contribution in [3.05, 3.63) is 77.0 Å². The summed E-state index contributed by atoms with van der Waals surface area (Å²) < 4.78 is 4.20. The second kappa shape index (κ2) is 9.00. The highest BCUT2D eigenvalue weighted by atomic mass is 16.2. The Morgan fingerprint density at radius 3 is 2.74 bits per heavy atom. The number of pyridine rings is 2. The number of piperidine rings is 1. The van der Waals surface area contributed by atoms with E-state index >= 15 is 0 Å². The summed E-state index contributed by atoms with van der Waals surface area (Å²) in [6.45, 7) is 4.31. The summed E-state index contributed by atoms with van der Waals surface area (Å²) in [6.07, 6.45) is 6.44. The van der Waals surface area contributed by atoms with Crippen molar-refractivity contribution in [3.63, 3.8) is 0 Å². The van der Waals surface area contributed by atoms with E-state index in [4.69, 9.17) is 15.8 Å². The summed E-state index contributed by atoms with van der Waals surface area (Å²) in [5, 5.41) is 9.04. The third-order valence-corrected chi connectivity index (χ3v) is 10.2. The maximum Gasteiger partial charge on any atom is 0.255 e. The molecule has 1 saturated heterocycles. The number of benzene rings is 1. The van der Waals surface area contributed by atoms with Crippen LogP contribution < -0.4 is 11.1 Å². The van der Waals surface area contributed by atoms with E-state index in [0.29, 0.717) is 23.9 Å². The number of aryl methyl sites for hydroxylation is 1. The fraction of sp³-hybridized carbons (Fsp3) is 0.353. The van der Waals surface area contributed by atoms with Gasteiger partial charge in [-0.25, -0.2) is 9.50 Å². The lowest BCUT2D eigenvalue weighted by Gasteiger charge is -2.27. The molecule has 3 fully saturated rings. The molecule has 9 rings (SSSR count). The third-order valence-electron chi connectivity index (χ3n) is 10.2. The van der Waals surface area contributed by atoms with Gasteiger partial charge in [0, 0.05) is 60.0 Å². The molecule has 4 aliphatic rings. The zero-order chi connectivity index (χ0) is 29.0. The molecule has 5 aromatic rings. The highest BCUT2D eigenvalue weighted by Crippen LogP contribution is 2.39. The zero-order valence-corrected chi connectivity index (χ0v) is 24.1. The normalized spacial score (nSPS) is 22.6. The summed E-state index contributed by atoms with van der Waals surface area (Å²) >= 11 is 0. The average molecular weight is 572 g/mol. The van der Waals surface area contributed by atoms with Gasteiger partial charge >= 0.3 is 0 Å². The van der Waals surface area contributed by atoms with E-state index in [1.165, 1.54) is 12.8 Å². The van der Waals surface area contributed by atoms with Crippen LogP contribution in [0.4, 0.5) is 0 Å². The van der Waals surface area contributed by atoms with Crippen LogP contribution in [0.1, 0.15) is 57.5 Å². The number of carbonyl (C=O) groups excluding carboxylic acids is 2. The predicted molar refractivity (Wildman–Crippen MR) is 164 cm³/mol. The van der Waals surface area contributed by atoms with Crippen LogP contribution in [0.5, 0.6) is 0 Å². The first kappa shape index (κ1) is 25.0. The van der Waals surface area contributed by atoms with Crippen molar-refractivity contribution in [1.82, 2.24) is 29.4 Å². The molecule has 9 nitrogen and oxygen atoms in total. The Bertz CT molecular complexity index is 2000. The van der Waals surface area contributed by atoms with Crippen LogP contribution in [0.15, 0.2) is 54.7 Å². The number of hydrogen-bond donors (Lipinski definition) is 2. The van der Waals surface area contributed by atoms with E-state index in [1.54, 1.807) is 0 Å². The van der Waals surface area contributed by atoms with Gasteiger partial charge in [0.2, 0.25) is 0 Å². The molecule has 3 N–H and O–H groups in total. The second-order valence-corrected chi connectivity index (χ2v) is 12.9. The van der Waals surface area contributed by atoms with Crippen LogP contribution in [0.25, 0.3) is 39.2 Å². The van der Waals surface area contributed by atoms with E-state index in [1.807, 2.05) is 39.9 Å². The maximum absolute atomic E-state index is 13.5. The van der Waals surface area contributed by atoms with E-state index in [9.17, 15) is 9.59 Å². The summed E-state index contributed by atoms with van der Waals surface area (Å²) in [7, 11) is 0. The van der Waals surface area contributed by atoms with E-state index in [2.05, 4.69) is 41.1 Å². The minimum absolute atomic E-state index is 0.0144. The summed E-state index contributed by atoms with van der Waals surface area (Å²) in [5.74, 6) is 1.09. The summed E-state index contributed by atoms with van der Waals surface area (Å²) in [6, 6.07) is 16.5. The van der Waals surface area contributed by atoms with Crippen molar-refractivity contribution in [2.45, 2.75) is 57.8 Å². The Kier molecular flexibility index (Phi) is 5.24. The Balaban J connectivity index is 1.11. The van der Waals surface area contributed by atoms with Crippen molar-refractivity contribution in [2.75, 3.05) is 6.54 Å². The molecular weight excluding hydrogens is 538 g/mol. The van der Waals surface area contributed by atoms with Crippen LogP contribution in [0.2, 0.25) is 0 Å². The molecule has 3 atom stereocenters.